The minimum atomic E-state index is -4.76. The first-order valence-electron chi connectivity index (χ1n) is 11.4. The van der Waals surface area contributed by atoms with Crippen LogP contribution in [0.4, 0.5) is 26.7 Å². The van der Waals surface area contributed by atoms with Gasteiger partial charge in [0.15, 0.2) is 0 Å². The van der Waals surface area contributed by atoms with Crippen LogP contribution in [0.3, 0.4) is 0 Å². The van der Waals surface area contributed by atoms with Gasteiger partial charge in [0.2, 0.25) is 0 Å². The highest BCUT2D eigenvalue weighted by atomic mass is 35.5. The van der Waals surface area contributed by atoms with Gasteiger partial charge in [0.05, 0.1) is 10.7 Å². The highest BCUT2D eigenvalue weighted by molar-refractivity contribution is 6.30. The summed E-state index contributed by atoms with van der Waals surface area (Å²) >= 11 is 6.04. The van der Waals surface area contributed by atoms with Crippen LogP contribution in [-0.4, -0.2) is 23.6 Å². The Hall–Kier alpha value is -4.18. The van der Waals surface area contributed by atoms with Crippen molar-refractivity contribution >= 4 is 17.7 Å². The van der Waals surface area contributed by atoms with Gasteiger partial charge in [-0.25, -0.2) is 9.18 Å². The van der Waals surface area contributed by atoms with Gasteiger partial charge in [0.1, 0.15) is 22.9 Å². The lowest BCUT2D eigenvalue weighted by Gasteiger charge is -2.35. The van der Waals surface area contributed by atoms with Gasteiger partial charge < -0.3 is 14.8 Å². The van der Waals surface area contributed by atoms with E-state index in [1.54, 1.807) is 30.3 Å². The summed E-state index contributed by atoms with van der Waals surface area (Å²) in [7, 11) is 0. The number of nitrogens with zero attached hydrogens (tertiary/aromatic N) is 1. The van der Waals surface area contributed by atoms with Crippen molar-refractivity contribution in [2.24, 2.45) is 0 Å². The maximum absolute atomic E-state index is 13.7. The molecule has 1 N–H and O–H groups in total. The number of halogens is 6. The maximum atomic E-state index is 13.7. The average molecular weight is 563 g/mol. The summed E-state index contributed by atoms with van der Waals surface area (Å²) in [6, 6.07) is 21.6. The maximum Gasteiger partial charge on any atom is 0.461 e. The minimum absolute atomic E-state index is 0.0235. The number of aromatic nitrogens is 1. The number of rotatable bonds is 9. The first-order valence-corrected chi connectivity index (χ1v) is 11.8. The molecule has 3 aromatic carbocycles. The van der Waals surface area contributed by atoms with E-state index >= 15 is 0 Å². The van der Waals surface area contributed by atoms with E-state index < -0.39 is 35.7 Å². The molecule has 0 radical (unpaired) electrons. The van der Waals surface area contributed by atoms with E-state index in [0.29, 0.717) is 5.56 Å². The number of carbonyl (C=O) groups excluding carboxylic acids is 1. The summed E-state index contributed by atoms with van der Waals surface area (Å²) in [5, 5.41) is 3.04. The van der Waals surface area contributed by atoms with Gasteiger partial charge in [-0.05, 0) is 59.7 Å². The molecule has 0 saturated carbocycles. The summed E-state index contributed by atoms with van der Waals surface area (Å²) in [6.45, 7) is 0. The summed E-state index contributed by atoms with van der Waals surface area (Å²) in [6.07, 6.45) is -8.46. The van der Waals surface area contributed by atoms with Crippen molar-refractivity contribution in [2.45, 2.75) is 24.5 Å². The lowest BCUT2D eigenvalue weighted by molar-refractivity contribution is -0.253. The molecule has 202 valence electrons. The Kier molecular flexibility index (Phi) is 8.35. The average Bonchev–Trinajstić information content (AvgIpc) is 2.90. The molecule has 0 saturated heterocycles. The van der Waals surface area contributed by atoms with Crippen molar-refractivity contribution in [3.05, 3.63) is 125 Å². The number of pyridine rings is 1. The van der Waals surface area contributed by atoms with Gasteiger partial charge in [0.25, 0.3) is 0 Å². The Morgan fingerprint density at radius 1 is 0.923 bits per heavy atom. The first-order chi connectivity index (χ1) is 18.6. The van der Waals surface area contributed by atoms with Crippen molar-refractivity contribution in [1.29, 1.82) is 0 Å². The van der Waals surface area contributed by atoms with Gasteiger partial charge in [0, 0.05) is 12.6 Å². The van der Waals surface area contributed by atoms with Gasteiger partial charge in [-0.3, -0.25) is 4.98 Å². The van der Waals surface area contributed by atoms with Crippen LogP contribution in [0.1, 0.15) is 16.8 Å². The molecule has 1 amide bonds. The number of alkyl halides is 4. The third-order valence-corrected chi connectivity index (χ3v) is 5.87. The summed E-state index contributed by atoms with van der Waals surface area (Å²) in [5.74, 6) is -1.08. The Morgan fingerprint density at radius 2 is 1.64 bits per heavy atom. The molecule has 0 aliphatic heterocycles. The molecule has 1 aromatic heterocycles. The molecule has 0 spiro atoms. The SMILES string of the molecule is O=C(N[C@@](Cc1ccccc1)(c1cccc(OC(F)(F)C(F)F)c1)c1ccc(Cl)cn1)Oc1ccc(F)cc1. The van der Waals surface area contributed by atoms with Crippen molar-refractivity contribution < 1.29 is 36.2 Å². The van der Waals surface area contributed by atoms with Crippen molar-refractivity contribution in [3.63, 3.8) is 0 Å². The Morgan fingerprint density at radius 3 is 2.28 bits per heavy atom. The zero-order valence-electron chi connectivity index (χ0n) is 20.0. The molecular formula is C28H20ClF5N2O3. The molecule has 0 bridgehead atoms. The molecule has 5 nitrogen and oxygen atoms in total. The molecule has 4 aromatic rings. The predicted molar refractivity (Wildman–Crippen MR) is 134 cm³/mol. The number of hydrogen-bond donors (Lipinski definition) is 1. The highest BCUT2D eigenvalue weighted by Gasteiger charge is 2.45. The first kappa shape index (κ1) is 27.8. The van der Waals surface area contributed by atoms with Crippen LogP contribution in [0.25, 0.3) is 0 Å². The van der Waals surface area contributed by atoms with Gasteiger partial charge in [-0.1, -0.05) is 54.1 Å². The molecule has 1 atom stereocenters. The third kappa shape index (κ3) is 6.83. The smallest absolute Gasteiger partial charge is 0.428 e. The number of nitrogens with one attached hydrogen (secondary N) is 1. The van der Waals surface area contributed by atoms with Gasteiger partial charge >= 0.3 is 18.6 Å². The molecule has 4 rings (SSSR count). The van der Waals surface area contributed by atoms with E-state index in [0.717, 1.165) is 24.3 Å². The molecule has 11 heteroatoms. The highest BCUT2D eigenvalue weighted by Crippen LogP contribution is 2.36. The number of hydrogen-bond acceptors (Lipinski definition) is 4. The van der Waals surface area contributed by atoms with Gasteiger partial charge in [-0.15, -0.1) is 0 Å². The van der Waals surface area contributed by atoms with Crippen LogP contribution < -0.4 is 14.8 Å². The van der Waals surface area contributed by atoms with E-state index in [1.807, 2.05) is 0 Å². The number of carbonyl (C=O) groups is 1. The third-order valence-electron chi connectivity index (χ3n) is 5.65. The molecular weight excluding hydrogens is 543 g/mol. The fourth-order valence-electron chi connectivity index (χ4n) is 3.89. The Balaban J connectivity index is 1.83. The van der Waals surface area contributed by atoms with E-state index in [1.165, 1.54) is 42.6 Å². The Labute approximate surface area is 225 Å². The van der Waals surface area contributed by atoms with Crippen LogP contribution in [0, 0.1) is 5.82 Å². The molecule has 0 aliphatic rings. The van der Waals surface area contributed by atoms with E-state index in [4.69, 9.17) is 16.3 Å². The van der Waals surface area contributed by atoms with E-state index in [2.05, 4.69) is 15.0 Å². The fourth-order valence-corrected chi connectivity index (χ4v) is 4.00. The fraction of sp³-hybridized carbons (Fsp3) is 0.143. The standard InChI is InChI=1S/C28H20ClF5N2O3/c29-20-9-14-24(35-17-20)27(16-18-5-2-1-3-6-18,36-26(37)38-22-12-10-21(30)11-13-22)19-7-4-8-23(15-19)39-28(33,34)25(31)32/h1-15,17,25H,16H2,(H,36,37)/t27-/m0/s1. The molecule has 39 heavy (non-hydrogen) atoms. The zero-order chi connectivity index (χ0) is 28.0. The van der Waals surface area contributed by atoms with Crippen LogP contribution in [0.5, 0.6) is 11.5 Å². The molecule has 0 unspecified atom stereocenters. The van der Waals surface area contributed by atoms with Crippen LogP contribution in [0.2, 0.25) is 5.02 Å². The number of amides is 1. The van der Waals surface area contributed by atoms with Crippen LogP contribution in [0.15, 0.2) is 97.2 Å². The lowest BCUT2D eigenvalue weighted by Crippen LogP contribution is -2.50. The second-order valence-electron chi connectivity index (χ2n) is 8.39. The van der Waals surface area contributed by atoms with Crippen molar-refractivity contribution in [1.82, 2.24) is 10.3 Å². The monoisotopic (exact) mass is 562 g/mol. The molecule has 0 aliphatic carbocycles. The number of ether oxygens (including phenoxy) is 2. The summed E-state index contributed by atoms with van der Waals surface area (Å²) in [4.78, 5) is 17.6. The van der Waals surface area contributed by atoms with Crippen molar-refractivity contribution in [2.75, 3.05) is 0 Å². The lowest BCUT2D eigenvalue weighted by atomic mass is 9.80. The normalized spacial score (nSPS) is 13.0. The quantitative estimate of drug-likeness (QED) is 0.216. The van der Waals surface area contributed by atoms with Crippen LogP contribution in [-0.2, 0) is 12.0 Å². The van der Waals surface area contributed by atoms with Crippen LogP contribution >= 0.6 is 11.6 Å². The topological polar surface area (TPSA) is 60.5 Å². The largest absolute Gasteiger partial charge is 0.461 e. The molecule has 0 fully saturated rings. The van der Waals surface area contributed by atoms with E-state index in [-0.39, 0.29) is 28.5 Å². The predicted octanol–water partition coefficient (Wildman–Crippen LogP) is 7.39. The number of benzene rings is 3. The van der Waals surface area contributed by atoms with Crippen molar-refractivity contribution in [3.8, 4) is 11.5 Å². The second kappa shape index (κ2) is 11.7. The summed E-state index contributed by atoms with van der Waals surface area (Å²) in [5.41, 5.74) is -0.507. The second-order valence-corrected chi connectivity index (χ2v) is 8.83. The zero-order valence-corrected chi connectivity index (χ0v) is 20.7. The van der Waals surface area contributed by atoms with E-state index in [9.17, 15) is 26.7 Å². The minimum Gasteiger partial charge on any atom is -0.428 e. The molecule has 1 heterocycles. The summed E-state index contributed by atoms with van der Waals surface area (Å²) < 4.78 is 76.1. The van der Waals surface area contributed by atoms with Gasteiger partial charge in [-0.2, -0.15) is 17.6 Å². The Bertz CT molecular complexity index is 1410.